The number of nitrogens with zero attached hydrogens (tertiary/aromatic N) is 1. The van der Waals surface area contributed by atoms with E-state index in [-0.39, 0.29) is 17.7 Å². The highest BCUT2D eigenvalue weighted by Crippen LogP contribution is 2.29. The molecule has 0 aromatic heterocycles. The Hall–Kier alpha value is -3.15. The molecule has 6 nitrogen and oxygen atoms in total. The Labute approximate surface area is 145 Å². The van der Waals surface area contributed by atoms with Gasteiger partial charge in [-0.15, -0.1) is 0 Å². The summed E-state index contributed by atoms with van der Waals surface area (Å²) in [6, 6.07) is 13.9. The first-order chi connectivity index (χ1) is 12.0. The minimum absolute atomic E-state index is 0.0707. The highest BCUT2D eigenvalue weighted by molar-refractivity contribution is 6.08. The number of nitrogens with one attached hydrogen (secondary N) is 2. The van der Waals surface area contributed by atoms with E-state index in [0.29, 0.717) is 35.6 Å². The van der Waals surface area contributed by atoms with Gasteiger partial charge in [0.15, 0.2) is 0 Å². The summed E-state index contributed by atoms with van der Waals surface area (Å²) in [4.78, 5) is 37.2. The molecule has 0 bridgehead atoms. The van der Waals surface area contributed by atoms with Crippen molar-refractivity contribution in [1.29, 1.82) is 0 Å². The molecule has 2 aromatic rings. The van der Waals surface area contributed by atoms with Crippen molar-refractivity contribution in [2.45, 2.75) is 19.8 Å². The lowest BCUT2D eigenvalue weighted by molar-refractivity contribution is -0.117. The lowest BCUT2D eigenvalue weighted by Gasteiger charge is -2.20. The van der Waals surface area contributed by atoms with Gasteiger partial charge < -0.3 is 15.5 Å². The maximum atomic E-state index is 12.5. The number of carbonyl (C=O) groups excluding carboxylic acids is 3. The van der Waals surface area contributed by atoms with Crippen molar-refractivity contribution in [3.63, 3.8) is 0 Å². The smallest absolute Gasteiger partial charge is 0.255 e. The quantitative estimate of drug-likeness (QED) is 0.900. The molecule has 1 fully saturated rings. The van der Waals surface area contributed by atoms with E-state index in [1.165, 1.54) is 6.92 Å². The fraction of sp³-hybridized carbons (Fsp3) is 0.211. The molecule has 2 aromatic carbocycles. The highest BCUT2D eigenvalue weighted by Gasteiger charge is 2.24. The molecule has 2 N–H and O–H groups in total. The molecule has 0 spiro atoms. The van der Waals surface area contributed by atoms with Gasteiger partial charge in [-0.25, -0.2) is 0 Å². The number of hydrogen-bond acceptors (Lipinski definition) is 3. The summed E-state index contributed by atoms with van der Waals surface area (Å²) in [5.74, 6) is -0.365. The number of amides is 3. The summed E-state index contributed by atoms with van der Waals surface area (Å²) in [5.41, 5.74) is 2.42. The van der Waals surface area contributed by atoms with Crippen LogP contribution < -0.4 is 15.5 Å². The van der Waals surface area contributed by atoms with Crippen LogP contribution in [0.1, 0.15) is 30.1 Å². The van der Waals surface area contributed by atoms with Crippen LogP contribution in [0.5, 0.6) is 0 Å². The van der Waals surface area contributed by atoms with Crippen LogP contribution in [0.4, 0.5) is 17.1 Å². The number of rotatable bonds is 4. The Balaban J connectivity index is 1.77. The van der Waals surface area contributed by atoms with Gasteiger partial charge in [0.2, 0.25) is 11.8 Å². The topological polar surface area (TPSA) is 78.5 Å². The van der Waals surface area contributed by atoms with Gasteiger partial charge >= 0.3 is 0 Å². The first-order valence-electron chi connectivity index (χ1n) is 8.13. The first kappa shape index (κ1) is 16.7. The number of carbonyl (C=O) groups is 3. The molecule has 3 amide bonds. The predicted octanol–water partition coefficient (Wildman–Crippen LogP) is 3.02. The summed E-state index contributed by atoms with van der Waals surface area (Å²) in [5, 5.41) is 5.52. The van der Waals surface area contributed by atoms with E-state index in [9.17, 15) is 14.4 Å². The molecule has 0 unspecified atom stereocenters. The van der Waals surface area contributed by atoms with Gasteiger partial charge in [0, 0.05) is 31.1 Å². The third-order valence-corrected chi connectivity index (χ3v) is 3.98. The lowest BCUT2D eigenvalue weighted by atomic mass is 10.1. The lowest BCUT2D eigenvalue weighted by Crippen LogP contribution is -2.25. The van der Waals surface area contributed by atoms with Crippen LogP contribution in [-0.4, -0.2) is 24.3 Å². The van der Waals surface area contributed by atoms with E-state index < -0.39 is 0 Å². The second-order valence-corrected chi connectivity index (χ2v) is 5.88. The monoisotopic (exact) mass is 337 g/mol. The van der Waals surface area contributed by atoms with E-state index in [4.69, 9.17) is 0 Å². The third-order valence-electron chi connectivity index (χ3n) is 3.98. The van der Waals surface area contributed by atoms with Crippen molar-refractivity contribution in [2.24, 2.45) is 0 Å². The van der Waals surface area contributed by atoms with E-state index in [0.717, 1.165) is 6.42 Å². The first-order valence-corrected chi connectivity index (χ1v) is 8.13. The van der Waals surface area contributed by atoms with Crippen molar-refractivity contribution >= 4 is 34.8 Å². The zero-order chi connectivity index (χ0) is 17.8. The highest BCUT2D eigenvalue weighted by atomic mass is 16.2. The Morgan fingerprint density at radius 2 is 1.72 bits per heavy atom. The molecular formula is C19H19N3O3. The number of anilines is 3. The standard InChI is InChI=1S/C19H19N3O3/c1-13(23)20-15-10-8-14(9-11-15)19(25)21-16-5-2-3-6-17(16)22-12-4-7-18(22)24/h2-3,5-6,8-11H,4,7,12H2,1H3,(H,20,23)(H,21,25). The van der Waals surface area contributed by atoms with Gasteiger partial charge in [0.05, 0.1) is 11.4 Å². The summed E-state index contributed by atoms with van der Waals surface area (Å²) in [6.07, 6.45) is 1.36. The number of para-hydroxylation sites is 2. The van der Waals surface area contributed by atoms with Gasteiger partial charge in [-0.1, -0.05) is 12.1 Å². The van der Waals surface area contributed by atoms with Gasteiger partial charge in [-0.2, -0.15) is 0 Å². The molecule has 3 rings (SSSR count). The van der Waals surface area contributed by atoms with Gasteiger partial charge in [0.25, 0.3) is 5.91 Å². The Morgan fingerprint density at radius 3 is 2.36 bits per heavy atom. The molecule has 0 atom stereocenters. The summed E-state index contributed by atoms with van der Waals surface area (Å²) in [6.45, 7) is 2.09. The van der Waals surface area contributed by atoms with Gasteiger partial charge in [-0.05, 0) is 42.8 Å². The summed E-state index contributed by atoms with van der Waals surface area (Å²) < 4.78 is 0. The van der Waals surface area contributed by atoms with E-state index in [2.05, 4.69) is 10.6 Å². The van der Waals surface area contributed by atoms with E-state index in [1.807, 2.05) is 18.2 Å². The maximum absolute atomic E-state index is 12.5. The molecule has 1 aliphatic rings. The zero-order valence-corrected chi connectivity index (χ0v) is 13.9. The van der Waals surface area contributed by atoms with Crippen LogP contribution >= 0.6 is 0 Å². The molecule has 0 radical (unpaired) electrons. The molecule has 0 aliphatic carbocycles. The molecule has 1 saturated heterocycles. The maximum Gasteiger partial charge on any atom is 0.255 e. The van der Waals surface area contributed by atoms with Crippen molar-refractivity contribution in [1.82, 2.24) is 0 Å². The average molecular weight is 337 g/mol. The van der Waals surface area contributed by atoms with Crippen molar-refractivity contribution in [3.8, 4) is 0 Å². The van der Waals surface area contributed by atoms with E-state index in [1.54, 1.807) is 35.2 Å². The molecule has 6 heteroatoms. The zero-order valence-electron chi connectivity index (χ0n) is 13.9. The predicted molar refractivity (Wildman–Crippen MR) is 96.7 cm³/mol. The fourth-order valence-corrected chi connectivity index (χ4v) is 2.82. The second-order valence-electron chi connectivity index (χ2n) is 5.88. The average Bonchev–Trinajstić information content (AvgIpc) is 3.01. The minimum atomic E-state index is -0.270. The minimum Gasteiger partial charge on any atom is -0.326 e. The molecule has 25 heavy (non-hydrogen) atoms. The normalized spacial score (nSPS) is 13.6. The van der Waals surface area contributed by atoms with Gasteiger partial charge in [-0.3, -0.25) is 14.4 Å². The van der Waals surface area contributed by atoms with Crippen LogP contribution in [0.25, 0.3) is 0 Å². The molecule has 1 heterocycles. The number of hydrogen-bond donors (Lipinski definition) is 2. The third kappa shape index (κ3) is 3.85. The van der Waals surface area contributed by atoms with Gasteiger partial charge in [0.1, 0.15) is 0 Å². The fourth-order valence-electron chi connectivity index (χ4n) is 2.82. The molecular weight excluding hydrogens is 318 g/mol. The summed E-state index contributed by atoms with van der Waals surface area (Å²) in [7, 11) is 0. The van der Waals surface area contributed by atoms with Crippen molar-refractivity contribution in [2.75, 3.05) is 22.1 Å². The Kier molecular flexibility index (Phi) is 4.79. The number of benzene rings is 2. The van der Waals surface area contributed by atoms with Crippen LogP contribution in [0.2, 0.25) is 0 Å². The van der Waals surface area contributed by atoms with Crippen LogP contribution in [-0.2, 0) is 9.59 Å². The molecule has 1 aliphatic heterocycles. The second kappa shape index (κ2) is 7.17. The van der Waals surface area contributed by atoms with Crippen molar-refractivity contribution in [3.05, 3.63) is 54.1 Å². The molecule has 128 valence electrons. The summed E-state index contributed by atoms with van der Waals surface area (Å²) >= 11 is 0. The SMILES string of the molecule is CC(=O)Nc1ccc(C(=O)Nc2ccccc2N2CCCC2=O)cc1. The largest absolute Gasteiger partial charge is 0.326 e. The Morgan fingerprint density at radius 1 is 1.00 bits per heavy atom. The van der Waals surface area contributed by atoms with Crippen LogP contribution in [0, 0.1) is 0 Å². The molecule has 0 saturated carbocycles. The van der Waals surface area contributed by atoms with Crippen LogP contribution in [0.15, 0.2) is 48.5 Å². The van der Waals surface area contributed by atoms with Crippen LogP contribution in [0.3, 0.4) is 0 Å². The van der Waals surface area contributed by atoms with Crippen molar-refractivity contribution < 1.29 is 14.4 Å². The van der Waals surface area contributed by atoms with E-state index >= 15 is 0 Å². The Bertz CT molecular complexity index is 815.